The second-order valence-electron chi connectivity index (χ2n) is 7.58. The standard InChI is InChI=1S/C21H27ClN6S/c22-17-8-6-16(7-9-17)15-23-21(29)26-20-24-18(27-10-2-1-3-11-27)14-19(25-20)28-12-4-5-13-28/h6-9,14H,1-5,10-13,15H2,(H2,23,24,25,26,29). The first-order chi connectivity index (χ1) is 14.2. The highest BCUT2D eigenvalue weighted by Crippen LogP contribution is 2.26. The fraction of sp³-hybridized carbons (Fsp3) is 0.476. The van der Waals surface area contributed by atoms with Crippen molar-refractivity contribution in [3.05, 3.63) is 40.9 Å². The number of rotatable bonds is 5. The van der Waals surface area contributed by atoms with Gasteiger partial charge in [0.25, 0.3) is 0 Å². The third kappa shape index (κ3) is 5.48. The predicted molar refractivity (Wildman–Crippen MR) is 124 cm³/mol. The van der Waals surface area contributed by atoms with E-state index < -0.39 is 0 Å². The minimum Gasteiger partial charge on any atom is -0.358 e. The van der Waals surface area contributed by atoms with E-state index >= 15 is 0 Å². The molecule has 0 amide bonds. The summed E-state index contributed by atoms with van der Waals surface area (Å²) in [5.74, 6) is 2.54. The summed E-state index contributed by atoms with van der Waals surface area (Å²) < 4.78 is 0. The Kier molecular flexibility index (Phi) is 6.67. The summed E-state index contributed by atoms with van der Waals surface area (Å²) in [5.41, 5.74) is 1.11. The van der Waals surface area contributed by atoms with Crippen LogP contribution in [0.5, 0.6) is 0 Å². The normalized spacial score (nSPS) is 16.7. The van der Waals surface area contributed by atoms with Gasteiger partial charge in [0, 0.05) is 43.8 Å². The Bertz CT molecular complexity index is 832. The molecular weight excluding hydrogens is 404 g/mol. The van der Waals surface area contributed by atoms with Crippen molar-refractivity contribution >= 4 is 46.5 Å². The molecule has 2 aliphatic heterocycles. The lowest BCUT2D eigenvalue weighted by Gasteiger charge is -2.29. The molecule has 2 saturated heterocycles. The maximum Gasteiger partial charge on any atom is 0.232 e. The average molecular weight is 431 g/mol. The van der Waals surface area contributed by atoms with Gasteiger partial charge in [-0.3, -0.25) is 0 Å². The van der Waals surface area contributed by atoms with Gasteiger partial charge in [-0.15, -0.1) is 0 Å². The van der Waals surface area contributed by atoms with Gasteiger partial charge in [-0.1, -0.05) is 23.7 Å². The van der Waals surface area contributed by atoms with Crippen molar-refractivity contribution < 1.29 is 0 Å². The van der Waals surface area contributed by atoms with Gasteiger partial charge in [-0.05, 0) is 62.0 Å². The number of piperidine rings is 1. The molecule has 0 bridgehead atoms. The van der Waals surface area contributed by atoms with Crippen molar-refractivity contribution in [1.29, 1.82) is 0 Å². The minimum atomic E-state index is 0.517. The molecule has 3 heterocycles. The summed E-state index contributed by atoms with van der Waals surface area (Å²) in [6.07, 6.45) is 6.16. The Labute approximate surface area is 182 Å². The molecule has 1 aromatic heterocycles. The highest BCUT2D eigenvalue weighted by molar-refractivity contribution is 7.80. The lowest BCUT2D eigenvalue weighted by Crippen LogP contribution is -2.32. The molecule has 0 unspecified atom stereocenters. The van der Waals surface area contributed by atoms with E-state index in [1.165, 1.54) is 32.1 Å². The zero-order chi connectivity index (χ0) is 20.1. The van der Waals surface area contributed by atoms with Crippen LogP contribution in [-0.2, 0) is 6.54 Å². The Morgan fingerprint density at radius 1 is 0.897 bits per heavy atom. The van der Waals surface area contributed by atoms with Gasteiger partial charge in [0.1, 0.15) is 11.6 Å². The number of hydrogen-bond acceptors (Lipinski definition) is 5. The number of benzene rings is 1. The minimum absolute atomic E-state index is 0.517. The first-order valence-corrected chi connectivity index (χ1v) is 11.1. The predicted octanol–water partition coefficient (Wildman–Crippen LogP) is 4.21. The molecule has 6 nitrogen and oxygen atoms in total. The Morgan fingerprint density at radius 2 is 1.45 bits per heavy atom. The number of nitrogens with one attached hydrogen (secondary N) is 2. The maximum atomic E-state index is 5.95. The smallest absolute Gasteiger partial charge is 0.232 e. The van der Waals surface area contributed by atoms with Gasteiger partial charge >= 0.3 is 0 Å². The zero-order valence-electron chi connectivity index (χ0n) is 16.5. The van der Waals surface area contributed by atoms with E-state index in [0.717, 1.165) is 48.4 Å². The van der Waals surface area contributed by atoms with Crippen LogP contribution < -0.4 is 20.4 Å². The highest BCUT2D eigenvalue weighted by atomic mass is 35.5. The zero-order valence-corrected chi connectivity index (χ0v) is 18.1. The molecular formula is C21H27ClN6S. The van der Waals surface area contributed by atoms with Crippen molar-refractivity contribution in [2.45, 2.75) is 38.6 Å². The van der Waals surface area contributed by atoms with Gasteiger partial charge in [-0.25, -0.2) is 0 Å². The van der Waals surface area contributed by atoms with Crippen LogP contribution in [0.1, 0.15) is 37.7 Å². The number of nitrogens with zero attached hydrogens (tertiary/aromatic N) is 4. The summed E-state index contributed by atoms with van der Waals surface area (Å²) in [5, 5.41) is 7.66. The lowest BCUT2D eigenvalue weighted by molar-refractivity contribution is 0.573. The van der Waals surface area contributed by atoms with Crippen molar-refractivity contribution in [2.75, 3.05) is 41.3 Å². The molecule has 0 atom stereocenters. The number of halogens is 1. The molecule has 29 heavy (non-hydrogen) atoms. The van der Waals surface area contributed by atoms with Crippen LogP contribution in [0.2, 0.25) is 5.02 Å². The molecule has 4 rings (SSSR count). The van der Waals surface area contributed by atoms with Gasteiger partial charge in [0.05, 0.1) is 0 Å². The topological polar surface area (TPSA) is 56.3 Å². The first-order valence-electron chi connectivity index (χ1n) is 10.4. The van der Waals surface area contributed by atoms with Crippen molar-refractivity contribution in [3.63, 3.8) is 0 Å². The van der Waals surface area contributed by atoms with E-state index in [4.69, 9.17) is 33.8 Å². The van der Waals surface area contributed by atoms with Gasteiger partial charge < -0.3 is 20.4 Å². The van der Waals surface area contributed by atoms with Crippen LogP contribution in [0.15, 0.2) is 30.3 Å². The maximum absolute atomic E-state index is 5.95. The molecule has 0 spiro atoms. The van der Waals surface area contributed by atoms with Crippen LogP contribution >= 0.6 is 23.8 Å². The van der Waals surface area contributed by atoms with Crippen molar-refractivity contribution in [2.24, 2.45) is 0 Å². The summed E-state index contributed by atoms with van der Waals surface area (Å²) in [6.45, 7) is 4.82. The molecule has 2 aliphatic rings. The number of hydrogen-bond donors (Lipinski definition) is 2. The Morgan fingerprint density at radius 3 is 2.03 bits per heavy atom. The molecule has 154 valence electrons. The van der Waals surface area contributed by atoms with E-state index in [2.05, 4.69) is 26.5 Å². The third-order valence-electron chi connectivity index (χ3n) is 5.40. The number of anilines is 3. The fourth-order valence-electron chi connectivity index (χ4n) is 3.80. The van der Waals surface area contributed by atoms with Crippen LogP contribution in [0.4, 0.5) is 17.6 Å². The largest absolute Gasteiger partial charge is 0.358 e. The quantitative estimate of drug-likeness (QED) is 0.689. The number of aromatic nitrogens is 2. The average Bonchev–Trinajstić information content (AvgIpc) is 3.29. The van der Waals surface area contributed by atoms with E-state index in [-0.39, 0.29) is 0 Å². The van der Waals surface area contributed by atoms with Gasteiger partial charge in [0.15, 0.2) is 5.11 Å². The van der Waals surface area contributed by atoms with Crippen LogP contribution in [-0.4, -0.2) is 41.3 Å². The summed E-state index contributed by atoms with van der Waals surface area (Å²) in [4.78, 5) is 14.2. The van der Waals surface area contributed by atoms with E-state index in [1.807, 2.05) is 24.3 Å². The SMILES string of the molecule is S=C(NCc1ccc(Cl)cc1)Nc1nc(N2CCCCC2)cc(N2CCCC2)n1. The Balaban J connectivity index is 1.46. The van der Waals surface area contributed by atoms with Gasteiger partial charge in [-0.2, -0.15) is 9.97 Å². The Hall–Kier alpha value is -2.12. The summed E-state index contributed by atoms with van der Waals surface area (Å²) >= 11 is 11.4. The molecule has 2 N–H and O–H groups in total. The van der Waals surface area contributed by atoms with Crippen LogP contribution in [0.3, 0.4) is 0 Å². The molecule has 0 saturated carbocycles. The molecule has 2 aromatic rings. The monoisotopic (exact) mass is 430 g/mol. The third-order valence-corrected chi connectivity index (χ3v) is 5.90. The van der Waals surface area contributed by atoms with Gasteiger partial charge in [0.2, 0.25) is 5.95 Å². The molecule has 1 aromatic carbocycles. The molecule has 8 heteroatoms. The van der Waals surface area contributed by atoms with Crippen LogP contribution in [0, 0.1) is 0 Å². The molecule has 0 radical (unpaired) electrons. The highest BCUT2D eigenvalue weighted by Gasteiger charge is 2.19. The number of thiocarbonyl (C=S) groups is 1. The summed E-state index contributed by atoms with van der Waals surface area (Å²) in [6, 6.07) is 9.85. The summed E-state index contributed by atoms with van der Waals surface area (Å²) in [7, 11) is 0. The van der Waals surface area contributed by atoms with Crippen molar-refractivity contribution in [3.8, 4) is 0 Å². The lowest BCUT2D eigenvalue weighted by atomic mass is 10.1. The van der Waals surface area contributed by atoms with Crippen LogP contribution in [0.25, 0.3) is 0 Å². The molecule has 0 aliphatic carbocycles. The second kappa shape index (κ2) is 9.59. The molecule has 2 fully saturated rings. The second-order valence-corrected chi connectivity index (χ2v) is 8.43. The van der Waals surface area contributed by atoms with Crippen molar-refractivity contribution in [1.82, 2.24) is 15.3 Å². The first kappa shape index (κ1) is 20.2. The van der Waals surface area contributed by atoms with E-state index in [1.54, 1.807) is 0 Å². The van der Waals surface area contributed by atoms with E-state index in [0.29, 0.717) is 17.6 Å². The fourth-order valence-corrected chi connectivity index (χ4v) is 4.09. The van der Waals surface area contributed by atoms with E-state index in [9.17, 15) is 0 Å².